The molecule has 0 saturated carbocycles. The second-order valence-electron chi connectivity index (χ2n) is 3.98. The fraction of sp³-hybridized carbons (Fsp3) is 0.500. The summed E-state index contributed by atoms with van der Waals surface area (Å²) >= 11 is 1.92. The summed E-state index contributed by atoms with van der Waals surface area (Å²) in [6.07, 6.45) is -0.0505. The van der Waals surface area contributed by atoms with E-state index < -0.39 is 6.43 Å². The van der Waals surface area contributed by atoms with E-state index in [2.05, 4.69) is 5.32 Å². The molecular formula is C12H15F2NS. The van der Waals surface area contributed by atoms with Gasteiger partial charge in [0.1, 0.15) is 0 Å². The molecular weight excluding hydrogens is 228 g/mol. The van der Waals surface area contributed by atoms with E-state index in [9.17, 15) is 8.78 Å². The number of benzene rings is 1. The van der Waals surface area contributed by atoms with Crippen LogP contribution in [0.3, 0.4) is 0 Å². The summed E-state index contributed by atoms with van der Waals surface area (Å²) in [4.78, 5) is 0. The van der Waals surface area contributed by atoms with Crippen LogP contribution in [-0.4, -0.2) is 17.5 Å². The van der Waals surface area contributed by atoms with E-state index in [0.717, 1.165) is 17.9 Å². The Morgan fingerprint density at radius 2 is 2.25 bits per heavy atom. The average molecular weight is 243 g/mol. The van der Waals surface area contributed by atoms with Crippen LogP contribution in [0, 0.1) is 0 Å². The third kappa shape index (κ3) is 3.11. The summed E-state index contributed by atoms with van der Waals surface area (Å²) in [6, 6.07) is 6.96. The van der Waals surface area contributed by atoms with Crippen LogP contribution in [0.25, 0.3) is 0 Å². The van der Waals surface area contributed by atoms with Crippen LogP contribution in [0.5, 0.6) is 0 Å². The van der Waals surface area contributed by atoms with Crippen LogP contribution in [0.4, 0.5) is 14.5 Å². The van der Waals surface area contributed by atoms with Gasteiger partial charge in [-0.25, -0.2) is 8.78 Å². The van der Waals surface area contributed by atoms with E-state index in [4.69, 9.17) is 0 Å². The highest BCUT2D eigenvalue weighted by atomic mass is 32.2. The lowest BCUT2D eigenvalue weighted by Crippen LogP contribution is -2.25. The zero-order chi connectivity index (χ0) is 11.4. The van der Waals surface area contributed by atoms with Gasteiger partial charge in [-0.05, 0) is 30.7 Å². The molecule has 1 atom stereocenters. The van der Waals surface area contributed by atoms with Crippen molar-refractivity contribution in [3.8, 4) is 0 Å². The first-order valence-corrected chi connectivity index (χ1v) is 6.63. The van der Waals surface area contributed by atoms with E-state index in [1.807, 2.05) is 17.8 Å². The number of halogens is 2. The van der Waals surface area contributed by atoms with Gasteiger partial charge in [0.2, 0.25) is 0 Å². The molecule has 1 nitrogen and oxygen atoms in total. The van der Waals surface area contributed by atoms with E-state index in [1.165, 1.54) is 18.2 Å². The predicted molar refractivity (Wildman–Crippen MR) is 65.4 cm³/mol. The number of anilines is 1. The first kappa shape index (κ1) is 11.7. The predicted octanol–water partition coefficient (Wildman–Crippen LogP) is 3.93. The molecule has 0 aromatic heterocycles. The normalized spacial score (nSPS) is 21.1. The minimum atomic E-state index is -2.39. The molecule has 0 aliphatic carbocycles. The number of rotatable bonds is 3. The van der Waals surface area contributed by atoms with Crippen molar-refractivity contribution in [1.29, 1.82) is 0 Å². The Bertz CT molecular complexity index is 338. The van der Waals surface area contributed by atoms with Gasteiger partial charge in [0, 0.05) is 23.0 Å². The van der Waals surface area contributed by atoms with Gasteiger partial charge >= 0.3 is 0 Å². The molecule has 1 aromatic carbocycles. The van der Waals surface area contributed by atoms with Gasteiger partial charge < -0.3 is 5.32 Å². The van der Waals surface area contributed by atoms with Crippen molar-refractivity contribution in [2.24, 2.45) is 0 Å². The molecule has 88 valence electrons. The summed E-state index contributed by atoms with van der Waals surface area (Å²) in [5, 5.41) is 3.32. The highest BCUT2D eigenvalue weighted by molar-refractivity contribution is 7.99. The molecule has 1 N–H and O–H groups in total. The van der Waals surface area contributed by atoms with E-state index in [1.54, 1.807) is 12.1 Å². The van der Waals surface area contributed by atoms with Crippen LogP contribution < -0.4 is 5.32 Å². The zero-order valence-corrected chi connectivity index (χ0v) is 9.77. The van der Waals surface area contributed by atoms with Gasteiger partial charge in [-0.1, -0.05) is 12.1 Å². The van der Waals surface area contributed by atoms with Crippen LogP contribution in [0.15, 0.2) is 24.3 Å². The average Bonchev–Trinajstić information content (AvgIpc) is 2.30. The summed E-state index contributed by atoms with van der Waals surface area (Å²) in [7, 11) is 0. The Morgan fingerprint density at radius 1 is 1.38 bits per heavy atom. The summed E-state index contributed by atoms with van der Waals surface area (Å²) < 4.78 is 25.0. The Morgan fingerprint density at radius 3 is 2.94 bits per heavy atom. The van der Waals surface area contributed by atoms with Crippen LogP contribution in [0.1, 0.15) is 24.8 Å². The lowest BCUT2D eigenvalue weighted by Gasteiger charge is -2.23. The highest BCUT2D eigenvalue weighted by Crippen LogP contribution is 2.24. The second-order valence-corrected chi connectivity index (χ2v) is 5.13. The molecule has 0 radical (unpaired) electrons. The van der Waals surface area contributed by atoms with E-state index in [0.29, 0.717) is 6.04 Å². The van der Waals surface area contributed by atoms with Crippen molar-refractivity contribution in [2.45, 2.75) is 25.3 Å². The van der Waals surface area contributed by atoms with Gasteiger partial charge in [0.05, 0.1) is 0 Å². The molecule has 16 heavy (non-hydrogen) atoms. The Labute approximate surface area is 98.6 Å². The molecule has 4 heteroatoms. The topological polar surface area (TPSA) is 12.0 Å². The Hall–Kier alpha value is -0.770. The van der Waals surface area contributed by atoms with Gasteiger partial charge in [0.15, 0.2) is 0 Å². The highest BCUT2D eigenvalue weighted by Gasteiger charge is 2.14. The number of nitrogens with one attached hydrogen (secondary N) is 1. The van der Waals surface area contributed by atoms with Gasteiger partial charge in [-0.15, -0.1) is 0 Å². The number of hydrogen-bond acceptors (Lipinski definition) is 2. The van der Waals surface area contributed by atoms with Crippen molar-refractivity contribution >= 4 is 17.4 Å². The lowest BCUT2D eigenvalue weighted by atomic mass is 10.1. The lowest BCUT2D eigenvalue weighted by molar-refractivity contribution is 0.151. The molecule has 1 aliphatic heterocycles. The maximum absolute atomic E-state index is 12.5. The Balaban J connectivity index is 2.00. The molecule has 1 saturated heterocycles. The fourth-order valence-electron chi connectivity index (χ4n) is 1.85. The van der Waals surface area contributed by atoms with E-state index in [-0.39, 0.29) is 5.56 Å². The summed E-state index contributed by atoms with van der Waals surface area (Å²) in [5.41, 5.74) is 0.902. The van der Waals surface area contributed by atoms with Crippen molar-refractivity contribution in [3.63, 3.8) is 0 Å². The van der Waals surface area contributed by atoms with Gasteiger partial charge in [-0.3, -0.25) is 0 Å². The van der Waals surface area contributed by atoms with E-state index >= 15 is 0 Å². The van der Waals surface area contributed by atoms with Crippen molar-refractivity contribution < 1.29 is 8.78 Å². The maximum Gasteiger partial charge on any atom is 0.263 e. The quantitative estimate of drug-likeness (QED) is 0.863. The molecule has 0 amide bonds. The number of hydrogen-bond donors (Lipinski definition) is 1. The summed E-state index contributed by atoms with van der Waals surface area (Å²) in [5.74, 6) is 2.29. The van der Waals surface area contributed by atoms with Gasteiger partial charge in [0.25, 0.3) is 6.43 Å². The first-order chi connectivity index (χ1) is 7.75. The molecule has 1 aliphatic rings. The maximum atomic E-state index is 12.5. The Kier molecular flexibility index (Phi) is 4.04. The monoisotopic (exact) mass is 243 g/mol. The molecule has 0 bridgehead atoms. The molecule has 1 heterocycles. The zero-order valence-electron chi connectivity index (χ0n) is 8.96. The standard InChI is InChI=1S/C12H15F2NS/c13-12(14)9-3-1-4-10(7-9)15-11-5-2-6-16-8-11/h1,3-4,7,11-12,15H,2,5-6,8H2. The third-order valence-corrected chi connectivity index (χ3v) is 3.89. The smallest absolute Gasteiger partial charge is 0.263 e. The molecule has 1 aromatic rings. The van der Waals surface area contributed by atoms with Crippen molar-refractivity contribution in [1.82, 2.24) is 0 Å². The fourth-order valence-corrected chi connectivity index (χ4v) is 2.93. The number of alkyl halides is 2. The first-order valence-electron chi connectivity index (χ1n) is 5.48. The molecule has 1 unspecified atom stereocenters. The van der Waals surface area contributed by atoms with Crippen LogP contribution in [0.2, 0.25) is 0 Å². The van der Waals surface area contributed by atoms with Crippen molar-refractivity contribution in [2.75, 3.05) is 16.8 Å². The van der Waals surface area contributed by atoms with Crippen LogP contribution in [-0.2, 0) is 0 Å². The molecule has 1 fully saturated rings. The van der Waals surface area contributed by atoms with Crippen molar-refractivity contribution in [3.05, 3.63) is 29.8 Å². The summed E-state index contributed by atoms with van der Waals surface area (Å²) in [6.45, 7) is 0. The largest absolute Gasteiger partial charge is 0.381 e. The van der Waals surface area contributed by atoms with Gasteiger partial charge in [-0.2, -0.15) is 11.8 Å². The molecule has 2 rings (SSSR count). The molecule has 0 spiro atoms. The second kappa shape index (κ2) is 5.53. The third-order valence-electron chi connectivity index (χ3n) is 2.67. The SMILES string of the molecule is FC(F)c1cccc(NC2CCCSC2)c1. The number of thioether (sulfide) groups is 1. The van der Waals surface area contributed by atoms with Crippen LogP contribution >= 0.6 is 11.8 Å². The minimum absolute atomic E-state index is 0.0912. The minimum Gasteiger partial charge on any atom is -0.381 e.